The molecule has 8 heteroatoms. The predicted molar refractivity (Wildman–Crippen MR) is 193 cm³/mol. The van der Waals surface area contributed by atoms with E-state index in [1.165, 1.54) is 4.57 Å². The maximum Gasteiger partial charge on any atom is 0.261 e. The van der Waals surface area contributed by atoms with Gasteiger partial charge in [0.2, 0.25) is 5.88 Å². The standard InChI is InChI=1S/C39H42N4O4/c1-4-7-10-17-40-28-20-26-30-24(36(44)42-37(26)45)15-13-22-33-29(41-18-11-8-5-2)21-27-31-25(16-14-23(35(31)33)32(28)34(22)30)38(46)43(39(27)47)19-12-9-6-3/h13-16,20-21,44,46H,4-12,17-19H2,1-3H3,(H,42,45). The predicted octanol–water partition coefficient (Wildman–Crippen LogP) is 7.55. The fourth-order valence-corrected chi connectivity index (χ4v) is 7.52. The van der Waals surface area contributed by atoms with E-state index in [4.69, 9.17) is 9.98 Å². The van der Waals surface area contributed by atoms with E-state index in [1.807, 2.05) is 36.4 Å². The quantitative estimate of drug-likeness (QED) is 0.0733. The summed E-state index contributed by atoms with van der Waals surface area (Å²) in [4.78, 5) is 40.4. The summed E-state index contributed by atoms with van der Waals surface area (Å²) in [5.41, 5.74) is -0.575. The Hall–Kier alpha value is -4.72. The van der Waals surface area contributed by atoms with Crippen molar-refractivity contribution in [1.82, 2.24) is 9.55 Å². The minimum atomic E-state index is -0.363. The van der Waals surface area contributed by atoms with Crippen LogP contribution in [-0.4, -0.2) is 32.9 Å². The van der Waals surface area contributed by atoms with E-state index in [2.05, 4.69) is 25.8 Å². The highest BCUT2D eigenvalue weighted by Crippen LogP contribution is 2.44. The van der Waals surface area contributed by atoms with Gasteiger partial charge >= 0.3 is 0 Å². The van der Waals surface area contributed by atoms with Crippen molar-refractivity contribution >= 4 is 64.6 Å². The summed E-state index contributed by atoms with van der Waals surface area (Å²) in [5, 5.41) is 32.8. The lowest BCUT2D eigenvalue weighted by Gasteiger charge is -2.20. The molecule has 0 fully saturated rings. The lowest BCUT2D eigenvalue weighted by Crippen LogP contribution is -2.23. The summed E-state index contributed by atoms with van der Waals surface area (Å²) in [6.07, 6.45) is 8.90. The zero-order valence-corrected chi connectivity index (χ0v) is 27.5. The molecule has 0 aliphatic rings. The number of fused-ring (bicyclic) bond motifs is 2. The summed E-state index contributed by atoms with van der Waals surface area (Å²) in [6, 6.07) is 11.5. The van der Waals surface area contributed by atoms with Crippen LogP contribution in [0.4, 0.5) is 0 Å². The van der Waals surface area contributed by atoms with E-state index >= 15 is 0 Å². The van der Waals surface area contributed by atoms with Crippen LogP contribution in [0.2, 0.25) is 0 Å². The molecule has 0 aliphatic heterocycles. The minimum absolute atomic E-state index is 0.0135. The summed E-state index contributed by atoms with van der Waals surface area (Å²) in [5.74, 6) is -0.179. The van der Waals surface area contributed by atoms with E-state index < -0.39 is 0 Å². The molecule has 0 bridgehead atoms. The van der Waals surface area contributed by atoms with Crippen molar-refractivity contribution in [2.24, 2.45) is 9.98 Å². The fraction of sp³-hybridized carbons (Fsp3) is 0.385. The van der Waals surface area contributed by atoms with Crippen LogP contribution in [0.5, 0.6) is 11.8 Å². The first-order chi connectivity index (χ1) is 22.9. The van der Waals surface area contributed by atoms with Gasteiger partial charge in [0.1, 0.15) is 0 Å². The monoisotopic (exact) mass is 630 g/mol. The third-order valence-electron chi connectivity index (χ3n) is 9.84. The molecular formula is C39H42N4O4. The van der Waals surface area contributed by atoms with Crippen LogP contribution in [-0.2, 0) is 6.54 Å². The van der Waals surface area contributed by atoms with Crippen molar-refractivity contribution in [3.63, 3.8) is 0 Å². The zero-order valence-electron chi connectivity index (χ0n) is 27.5. The van der Waals surface area contributed by atoms with Gasteiger partial charge < -0.3 is 10.2 Å². The van der Waals surface area contributed by atoms with Gasteiger partial charge in [-0.2, -0.15) is 0 Å². The molecule has 2 aromatic heterocycles. The third kappa shape index (κ3) is 4.88. The van der Waals surface area contributed by atoms with Gasteiger partial charge in [0.05, 0.1) is 21.5 Å². The molecule has 7 rings (SSSR count). The molecule has 47 heavy (non-hydrogen) atoms. The van der Waals surface area contributed by atoms with Gasteiger partial charge in [0, 0.05) is 62.7 Å². The molecule has 7 aromatic rings. The summed E-state index contributed by atoms with van der Waals surface area (Å²) < 4.78 is 1.52. The second kappa shape index (κ2) is 12.5. The Labute approximate surface area is 271 Å². The Morgan fingerprint density at radius 3 is 1.70 bits per heavy atom. The fourth-order valence-electron chi connectivity index (χ4n) is 7.52. The second-order valence-corrected chi connectivity index (χ2v) is 12.9. The maximum absolute atomic E-state index is 14.2. The highest BCUT2D eigenvalue weighted by molar-refractivity contribution is 6.39. The molecule has 0 radical (unpaired) electrons. The Bertz CT molecular complexity index is 2530. The SMILES string of the molecule is CCCCCN=c1cc2c(=O)[nH]c(O)c3ccc4c5c(=NCCCCC)cc6c(=O)n(CCCCC)c(O)c7ccc(c1c4c32)c5c76. The molecule has 0 aliphatic carbocycles. The zero-order chi connectivity index (χ0) is 32.8. The van der Waals surface area contributed by atoms with Crippen molar-refractivity contribution in [3.8, 4) is 11.8 Å². The van der Waals surface area contributed by atoms with E-state index in [1.54, 1.807) is 0 Å². The third-order valence-corrected chi connectivity index (χ3v) is 9.84. The number of benzene rings is 5. The molecule has 0 saturated heterocycles. The summed E-state index contributed by atoms with van der Waals surface area (Å²) >= 11 is 0. The summed E-state index contributed by atoms with van der Waals surface area (Å²) in [7, 11) is 0. The molecule has 0 saturated carbocycles. The number of H-pyrrole nitrogens is 1. The topological polar surface area (TPSA) is 120 Å². The van der Waals surface area contributed by atoms with Crippen molar-refractivity contribution in [2.45, 2.75) is 85.1 Å². The maximum atomic E-state index is 14.2. The van der Waals surface area contributed by atoms with Crippen LogP contribution in [0, 0.1) is 0 Å². The number of pyridine rings is 2. The van der Waals surface area contributed by atoms with Crippen molar-refractivity contribution in [3.05, 3.63) is 67.8 Å². The molecule has 2 heterocycles. The molecule has 242 valence electrons. The van der Waals surface area contributed by atoms with E-state index in [-0.39, 0.29) is 22.9 Å². The largest absolute Gasteiger partial charge is 0.494 e. The van der Waals surface area contributed by atoms with Crippen LogP contribution in [0.1, 0.15) is 78.6 Å². The van der Waals surface area contributed by atoms with Crippen molar-refractivity contribution < 1.29 is 10.2 Å². The van der Waals surface area contributed by atoms with Gasteiger partial charge in [0.25, 0.3) is 11.1 Å². The number of aromatic hydroxyl groups is 2. The van der Waals surface area contributed by atoms with E-state index in [9.17, 15) is 19.8 Å². The summed E-state index contributed by atoms with van der Waals surface area (Å²) in [6.45, 7) is 8.13. The number of nitrogens with one attached hydrogen (secondary N) is 1. The number of hydrogen-bond donors (Lipinski definition) is 3. The molecular weight excluding hydrogens is 588 g/mol. The van der Waals surface area contributed by atoms with Gasteiger partial charge in [-0.3, -0.25) is 29.1 Å². The Morgan fingerprint density at radius 1 is 0.596 bits per heavy atom. The Morgan fingerprint density at radius 2 is 1.11 bits per heavy atom. The van der Waals surface area contributed by atoms with Gasteiger partial charge in [-0.05, 0) is 54.3 Å². The molecule has 0 spiro atoms. The lowest BCUT2D eigenvalue weighted by molar-refractivity contribution is 0.408. The normalized spacial score (nSPS) is 13.3. The Balaban J connectivity index is 1.73. The number of hydrogen-bond acceptors (Lipinski definition) is 6. The van der Waals surface area contributed by atoms with Crippen LogP contribution in [0.3, 0.4) is 0 Å². The molecule has 0 atom stereocenters. The van der Waals surface area contributed by atoms with Crippen LogP contribution < -0.4 is 21.8 Å². The highest BCUT2D eigenvalue weighted by Gasteiger charge is 2.24. The minimum Gasteiger partial charge on any atom is -0.494 e. The number of aromatic amines is 1. The van der Waals surface area contributed by atoms with Gasteiger partial charge in [-0.25, -0.2) is 0 Å². The number of aromatic nitrogens is 2. The molecule has 8 nitrogen and oxygen atoms in total. The van der Waals surface area contributed by atoms with E-state index in [0.29, 0.717) is 51.9 Å². The first kappa shape index (κ1) is 30.9. The van der Waals surface area contributed by atoms with Crippen LogP contribution >= 0.6 is 0 Å². The molecule has 3 N–H and O–H groups in total. The average molecular weight is 631 g/mol. The van der Waals surface area contributed by atoms with Gasteiger partial charge in [0.15, 0.2) is 5.88 Å². The Kier molecular flexibility index (Phi) is 8.20. The number of nitrogens with zero attached hydrogens (tertiary/aromatic N) is 3. The first-order valence-corrected chi connectivity index (χ1v) is 17.3. The van der Waals surface area contributed by atoms with Gasteiger partial charge in [-0.1, -0.05) is 71.4 Å². The molecule has 0 unspecified atom stereocenters. The van der Waals surface area contributed by atoms with Crippen LogP contribution in [0.15, 0.2) is 56.0 Å². The van der Waals surface area contributed by atoms with Crippen molar-refractivity contribution in [2.75, 3.05) is 13.1 Å². The smallest absolute Gasteiger partial charge is 0.261 e. The van der Waals surface area contributed by atoms with Gasteiger partial charge in [-0.15, -0.1) is 0 Å². The lowest BCUT2D eigenvalue weighted by atomic mass is 9.85. The molecule has 0 amide bonds. The number of rotatable bonds is 12. The number of unbranched alkanes of at least 4 members (excludes halogenated alkanes) is 6. The van der Waals surface area contributed by atoms with Crippen molar-refractivity contribution in [1.29, 1.82) is 0 Å². The first-order valence-electron chi connectivity index (χ1n) is 17.3. The molecule has 5 aromatic carbocycles. The average Bonchev–Trinajstić information content (AvgIpc) is 3.07. The second-order valence-electron chi connectivity index (χ2n) is 12.9. The van der Waals surface area contributed by atoms with E-state index in [0.717, 1.165) is 101 Å². The highest BCUT2D eigenvalue weighted by atomic mass is 16.3. The van der Waals surface area contributed by atoms with Crippen LogP contribution in [0.25, 0.3) is 64.6 Å².